The van der Waals surface area contributed by atoms with Crippen LogP contribution >= 0.6 is 11.3 Å². The summed E-state index contributed by atoms with van der Waals surface area (Å²) in [6.45, 7) is 0. The highest BCUT2D eigenvalue weighted by molar-refractivity contribution is 7.11. The first-order valence-corrected chi connectivity index (χ1v) is 4.27. The van der Waals surface area contributed by atoms with Crippen LogP contribution < -0.4 is 0 Å². The van der Waals surface area contributed by atoms with Gasteiger partial charge in [-0.3, -0.25) is 9.59 Å². The van der Waals surface area contributed by atoms with E-state index in [1.807, 2.05) is 0 Å². The molecule has 6 heteroatoms. The smallest absolute Gasteiger partial charge is 0.266 e. The second-order valence-electron chi connectivity index (χ2n) is 2.24. The van der Waals surface area contributed by atoms with Gasteiger partial charge in [0.05, 0.1) is 5.57 Å². The molecule has 0 saturated carbocycles. The van der Waals surface area contributed by atoms with E-state index in [0.29, 0.717) is 5.01 Å². The lowest BCUT2D eigenvalue weighted by Crippen LogP contribution is -2.05. The molecule has 5 nitrogen and oxygen atoms in total. The van der Waals surface area contributed by atoms with Crippen LogP contribution in [0, 0.1) is 0 Å². The van der Waals surface area contributed by atoms with Gasteiger partial charge in [0.25, 0.3) is 11.8 Å². The van der Waals surface area contributed by atoms with Crippen molar-refractivity contribution < 1.29 is 9.59 Å². The molecule has 2 amide bonds. The Balaban J connectivity index is 2.44. The molecule has 0 bridgehead atoms. The van der Waals surface area contributed by atoms with Gasteiger partial charge in [-0.15, -0.1) is 21.6 Å². The molecular formula is C7H3N3O2S. The summed E-state index contributed by atoms with van der Waals surface area (Å²) in [5, 5.41) is 8.51. The average molecular weight is 193 g/mol. The number of aromatic nitrogens is 1. The van der Waals surface area contributed by atoms with Gasteiger partial charge in [-0.2, -0.15) is 0 Å². The molecular weight excluding hydrogens is 190 g/mol. The monoisotopic (exact) mass is 193 g/mol. The molecule has 0 unspecified atom stereocenters. The van der Waals surface area contributed by atoms with E-state index in [-0.39, 0.29) is 5.57 Å². The molecule has 0 aliphatic carbocycles. The fourth-order valence-corrected chi connectivity index (χ4v) is 1.52. The maximum atomic E-state index is 11.1. The molecule has 1 aromatic rings. The SMILES string of the molecule is O=C1C=C(c2nccs2)C(=O)N=N1. The fraction of sp³-hybridized carbons (Fsp3) is 0. The molecule has 64 valence electrons. The molecule has 0 atom stereocenters. The lowest BCUT2D eigenvalue weighted by molar-refractivity contribution is -0.118. The van der Waals surface area contributed by atoms with Gasteiger partial charge < -0.3 is 0 Å². The third-order valence-electron chi connectivity index (χ3n) is 1.40. The van der Waals surface area contributed by atoms with Gasteiger partial charge in [-0.05, 0) is 0 Å². The zero-order valence-corrected chi connectivity index (χ0v) is 7.11. The molecule has 1 aliphatic heterocycles. The van der Waals surface area contributed by atoms with E-state index in [2.05, 4.69) is 15.2 Å². The number of hydrogen-bond donors (Lipinski definition) is 0. The minimum Gasteiger partial charge on any atom is -0.266 e. The Bertz CT molecular complexity index is 419. The Morgan fingerprint density at radius 2 is 2.08 bits per heavy atom. The minimum absolute atomic E-state index is 0.218. The van der Waals surface area contributed by atoms with Crippen LogP contribution in [0.4, 0.5) is 0 Å². The van der Waals surface area contributed by atoms with Crippen molar-refractivity contribution >= 4 is 28.7 Å². The summed E-state index contributed by atoms with van der Waals surface area (Å²) in [7, 11) is 0. The Morgan fingerprint density at radius 3 is 2.77 bits per heavy atom. The van der Waals surface area contributed by atoms with Crippen LogP contribution in [-0.4, -0.2) is 16.8 Å². The van der Waals surface area contributed by atoms with Crippen molar-refractivity contribution in [1.82, 2.24) is 4.98 Å². The van der Waals surface area contributed by atoms with Crippen molar-refractivity contribution in [2.75, 3.05) is 0 Å². The van der Waals surface area contributed by atoms with Crippen LogP contribution in [0.3, 0.4) is 0 Å². The van der Waals surface area contributed by atoms with Gasteiger partial charge in [-0.25, -0.2) is 4.98 Å². The standard InChI is InChI=1S/C7H3N3O2S/c11-5-3-4(6(12)10-9-5)7-8-1-2-13-7/h1-3H. The molecule has 0 fully saturated rings. The van der Waals surface area contributed by atoms with Gasteiger partial charge >= 0.3 is 0 Å². The maximum Gasteiger partial charge on any atom is 0.298 e. The van der Waals surface area contributed by atoms with Gasteiger partial charge in [0.15, 0.2) is 0 Å². The molecule has 2 heterocycles. The lowest BCUT2D eigenvalue weighted by Gasteiger charge is -1.99. The highest BCUT2D eigenvalue weighted by Gasteiger charge is 2.19. The minimum atomic E-state index is -0.523. The summed E-state index contributed by atoms with van der Waals surface area (Å²) in [6, 6.07) is 0. The zero-order chi connectivity index (χ0) is 9.26. The zero-order valence-electron chi connectivity index (χ0n) is 6.30. The summed E-state index contributed by atoms with van der Waals surface area (Å²) in [5.74, 6) is -1.04. The van der Waals surface area contributed by atoms with Crippen LogP contribution in [0.2, 0.25) is 0 Å². The van der Waals surface area contributed by atoms with Gasteiger partial charge in [0, 0.05) is 17.7 Å². The van der Waals surface area contributed by atoms with Crippen molar-refractivity contribution in [3.63, 3.8) is 0 Å². The number of carbonyl (C=O) groups excluding carboxylic acids is 2. The second-order valence-corrected chi connectivity index (χ2v) is 3.13. The molecule has 2 rings (SSSR count). The molecule has 1 aromatic heterocycles. The first-order valence-electron chi connectivity index (χ1n) is 3.39. The number of amides is 2. The topological polar surface area (TPSA) is 71.8 Å². The fourth-order valence-electron chi connectivity index (χ4n) is 0.872. The lowest BCUT2D eigenvalue weighted by atomic mass is 10.2. The molecule has 0 N–H and O–H groups in total. The second kappa shape index (κ2) is 2.98. The van der Waals surface area contributed by atoms with Gasteiger partial charge in [0.1, 0.15) is 5.01 Å². The first kappa shape index (κ1) is 7.93. The Morgan fingerprint density at radius 1 is 1.23 bits per heavy atom. The summed E-state index contributed by atoms with van der Waals surface area (Å²) in [4.78, 5) is 25.8. The van der Waals surface area contributed by atoms with E-state index in [9.17, 15) is 9.59 Å². The number of carbonyl (C=O) groups is 2. The number of thiazole rings is 1. The van der Waals surface area contributed by atoms with Crippen LogP contribution in [0.15, 0.2) is 27.9 Å². The summed E-state index contributed by atoms with van der Waals surface area (Å²) < 4.78 is 0. The van der Waals surface area contributed by atoms with Crippen LogP contribution in [0.25, 0.3) is 5.57 Å². The van der Waals surface area contributed by atoms with Crippen molar-refractivity contribution in [1.29, 1.82) is 0 Å². The van der Waals surface area contributed by atoms with Crippen molar-refractivity contribution in [3.05, 3.63) is 22.7 Å². The van der Waals surface area contributed by atoms with E-state index in [1.165, 1.54) is 11.3 Å². The third-order valence-corrected chi connectivity index (χ3v) is 2.21. The summed E-state index contributed by atoms with van der Waals surface area (Å²) in [5.41, 5.74) is 0.218. The molecule has 0 aromatic carbocycles. The predicted molar refractivity (Wildman–Crippen MR) is 45.0 cm³/mol. The first-order chi connectivity index (χ1) is 6.27. The van der Waals surface area contributed by atoms with Crippen LogP contribution in [0.1, 0.15) is 5.01 Å². The summed E-state index contributed by atoms with van der Waals surface area (Å²) >= 11 is 1.28. The number of hydrogen-bond acceptors (Lipinski definition) is 4. The number of nitrogens with zero attached hydrogens (tertiary/aromatic N) is 3. The van der Waals surface area contributed by atoms with Gasteiger partial charge in [0.2, 0.25) is 0 Å². The van der Waals surface area contributed by atoms with E-state index in [0.717, 1.165) is 6.08 Å². The van der Waals surface area contributed by atoms with Crippen molar-refractivity contribution in [2.24, 2.45) is 10.2 Å². The van der Waals surface area contributed by atoms with Crippen LogP contribution in [0.5, 0.6) is 0 Å². The van der Waals surface area contributed by atoms with E-state index in [4.69, 9.17) is 0 Å². The highest BCUT2D eigenvalue weighted by Crippen LogP contribution is 2.20. The summed E-state index contributed by atoms with van der Waals surface area (Å²) in [6.07, 6.45) is 2.71. The molecule has 1 aliphatic rings. The maximum absolute atomic E-state index is 11.1. The van der Waals surface area contributed by atoms with E-state index >= 15 is 0 Å². The highest BCUT2D eigenvalue weighted by atomic mass is 32.1. The normalized spacial score (nSPS) is 16.2. The molecule has 0 saturated heterocycles. The largest absolute Gasteiger partial charge is 0.298 e. The van der Waals surface area contributed by atoms with Gasteiger partial charge in [-0.1, -0.05) is 0 Å². The van der Waals surface area contributed by atoms with Crippen molar-refractivity contribution in [2.45, 2.75) is 0 Å². The van der Waals surface area contributed by atoms with Crippen molar-refractivity contribution in [3.8, 4) is 0 Å². The molecule has 13 heavy (non-hydrogen) atoms. The average Bonchev–Trinajstić information content (AvgIpc) is 2.61. The third kappa shape index (κ3) is 1.43. The predicted octanol–water partition coefficient (Wildman–Crippen LogP) is 1.05. The Kier molecular flexibility index (Phi) is 1.82. The molecule has 0 spiro atoms. The number of azo groups is 1. The quantitative estimate of drug-likeness (QED) is 0.669. The Hall–Kier alpha value is -1.69. The van der Waals surface area contributed by atoms with E-state index in [1.54, 1.807) is 11.6 Å². The van der Waals surface area contributed by atoms with E-state index < -0.39 is 11.8 Å². The van der Waals surface area contributed by atoms with Crippen LogP contribution in [-0.2, 0) is 9.59 Å². The Labute approximate surface area is 76.8 Å². The number of rotatable bonds is 1. The molecule has 0 radical (unpaired) electrons.